The zero-order valence-corrected chi connectivity index (χ0v) is 12.8. The first kappa shape index (κ1) is 15.1. The van der Waals surface area contributed by atoms with Crippen molar-refractivity contribution in [3.63, 3.8) is 0 Å². The van der Waals surface area contributed by atoms with Crippen molar-refractivity contribution in [2.24, 2.45) is 5.14 Å². The number of nitrogens with zero attached hydrogens (tertiary/aromatic N) is 1. The van der Waals surface area contributed by atoms with Crippen molar-refractivity contribution in [3.05, 3.63) is 18.2 Å². The number of rotatable bonds is 2. The van der Waals surface area contributed by atoms with Crippen molar-refractivity contribution in [1.82, 2.24) is 0 Å². The molecule has 1 heterocycles. The molecule has 0 spiro atoms. The van der Waals surface area contributed by atoms with Gasteiger partial charge in [0.1, 0.15) is 0 Å². The van der Waals surface area contributed by atoms with Crippen molar-refractivity contribution in [3.8, 4) is 0 Å². The van der Waals surface area contributed by atoms with Crippen LogP contribution < -0.4 is 15.8 Å². The molecule has 4 N–H and O–H groups in total. The van der Waals surface area contributed by atoms with E-state index in [0.717, 1.165) is 5.69 Å². The molecule has 0 bridgehead atoms. The Kier molecular flexibility index (Phi) is 3.70. The van der Waals surface area contributed by atoms with Crippen molar-refractivity contribution in [2.45, 2.75) is 37.4 Å². The lowest BCUT2D eigenvalue weighted by Gasteiger charge is -2.43. The standard InChI is InChI=1S/C13H21N3O3S/c1-9-7-16(8-13(2,3)19-9)12-5-4-10(6-11(12)14)20(15,17)18/h4-6,9H,7-8,14H2,1-3H3,(H2,15,17,18). The smallest absolute Gasteiger partial charge is 0.238 e. The Morgan fingerprint density at radius 3 is 2.55 bits per heavy atom. The molecule has 7 heteroatoms. The van der Waals surface area contributed by atoms with E-state index in [2.05, 4.69) is 4.90 Å². The number of benzene rings is 1. The Bertz CT molecular complexity index is 613. The SMILES string of the molecule is CC1CN(c2ccc(S(N)(=O)=O)cc2N)CC(C)(C)O1. The molecule has 0 saturated carbocycles. The van der Waals surface area contributed by atoms with E-state index in [1.54, 1.807) is 6.07 Å². The van der Waals surface area contributed by atoms with Gasteiger partial charge in [-0.05, 0) is 39.0 Å². The molecule has 112 valence electrons. The Hall–Kier alpha value is -1.31. The molecular formula is C13H21N3O3S. The minimum Gasteiger partial charge on any atom is -0.397 e. The van der Waals surface area contributed by atoms with Crippen LogP contribution in [0.25, 0.3) is 0 Å². The monoisotopic (exact) mass is 299 g/mol. The molecule has 2 rings (SSSR count). The number of nitrogen functional groups attached to an aromatic ring is 1. The van der Waals surface area contributed by atoms with Crippen LogP contribution in [0.1, 0.15) is 20.8 Å². The third kappa shape index (κ3) is 3.23. The summed E-state index contributed by atoms with van der Waals surface area (Å²) in [7, 11) is -3.73. The summed E-state index contributed by atoms with van der Waals surface area (Å²) in [5.74, 6) is 0. The molecule has 1 fully saturated rings. The molecule has 1 unspecified atom stereocenters. The number of hydrogen-bond donors (Lipinski definition) is 2. The number of nitrogens with two attached hydrogens (primary N) is 2. The van der Waals surface area contributed by atoms with Gasteiger partial charge in [-0.3, -0.25) is 0 Å². The summed E-state index contributed by atoms with van der Waals surface area (Å²) in [5.41, 5.74) is 6.92. The van der Waals surface area contributed by atoms with Crippen LogP contribution in [0, 0.1) is 0 Å². The van der Waals surface area contributed by atoms with Crippen LogP contribution in [0.15, 0.2) is 23.1 Å². The molecule has 0 aromatic heterocycles. The fourth-order valence-electron chi connectivity index (χ4n) is 2.63. The van der Waals surface area contributed by atoms with E-state index < -0.39 is 10.0 Å². The average Bonchev–Trinajstić information content (AvgIpc) is 2.24. The predicted molar refractivity (Wildman–Crippen MR) is 79.1 cm³/mol. The van der Waals surface area contributed by atoms with Gasteiger partial charge in [0.15, 0.2) is 0 Å². The minimum atomic E-state index is -3.73. The summed E-state index contributed by atoms with van der Waals surface area (Å²) >= 11 is 0. The van der Waals surface area contributed by atoms with E-state index in [4.69, 9.17) is 15.6 Å². The molecule has 1 saturated heterocycles. The van der Waals surface area contributed by atoms with E-state index in [9.17, 15) is 8.42 Å². The molecular weight excluding hydrogens is 278 g/mol. The molecule has 1 aliphatic rings. The predicted octanol–water partition coefficient (Wildman–Crippen LogP) is 0.920. The van der Waals surface area contributed by atoms with Gasteiger partial charge in [0.05, 0.1) is 28.0 Å². The second-order valence-electron chi connectivity index (χ2n) is 5.83. The maximum absolute atomic E-state index is 11.3. The first-order valence-corrected chi connectivity index (χ1v) is 7.98. The van der Waals surface area contributed by atoms with Crippen LogP contribution in [-0.4, -0.2) is 33.2 Å². The molecule has 1 atom stereocenters. The van der Waals surface area contributed by atoms with Gasteiger partial charge >= 0.3 is 0 Å². The Balaban J connectivity index is 2.34. The normalized spacial score (nSPS) is 22.8. The maximum atomic E-state index is 11.3. The van der Waals surface area contributed by atoms with Gasteiger partial charge < -0.3 is 15.4 Å². The third-order valence-electron chi connectivity index (χ3n) is 3.24. The molecule has 0 radical (unpaired) electrons. The molecule has 1 aromatic carbocycles. The summed E-state index contributed by atoms with van der Waals surface area (Å²) in [5, 5.41) is 5.10. The molecule has 1 aromatic rings. The highest BCUT2D eigenvalue weighted by molar-refractivity contribution is 7.89. The highest BCUT2D eigenvalue weighted by Gasteiger charge is 2.32. The van der Waals surface area contributed by atoms with Gasteiger partial charge in [-0.1, -0.05) is 0 Å². The largest absolute Gasteiger partial charge is 0.397 e. The topological polar surface area (TPSA) is 98.7 Å². The lowest BCUT2D eigenvalue weighted by Crippen LogP contribution is -2.52. The van der Waals surface area contributed by atoms with E-state index in [1.807, 2.05) is 20.8 Å². The van der Waals surface area contributed by atoms with Gasteiger partial charge in [-0.2, -0.15) is 0 Å². The first-order valence-electron chi connectivity index (χ1n) is 6.43. The zero-order chi connectivity index (χ0) is 15.1. The lowest BCUT2D eigenvalue weighted by molar-refractivity contribution is -0.0749. The molecule has 20 heavy (non-hydrogen) atoms. The van der Waals surface area contributed by atoms with Crippen molar-refractivity contribution in [1.29, 1.82) is 0 Å². The summed E-state index contributed by atoms with van der Waals surface area (Å²) in [6, 6.07) is 4.58. The van der Waals surface area contributed by atoms with Crippen molar-refractivity contribution >= 4 is 21.4 Å². The van der Waals surface area contributed by atoms with E-state index >= 15 is 0 Å². The van der Waals surface area contributed by atoms with Crippen LogP contribution in [0.4, 0.5) is 11.4 Å². The van der Waals surface area contributed by atoms with Crippen LogP contribution in [0.5, 0.6) is 0 Å². The molecule has 6 nitrogen and oxygen atoms in total. The highest BCUT2D eigenvalue weighted by Crippen LogP contribution is 2.31. The number of morpholine rings is 1. The second-order valence-corrected chi connectivity index (χ2v) is 7.40. The number of hydrogen-bond acceptors (Lipinski definition) is 5. The lowest BCUT2D eigenvalue weighted by atomic mass is 10.0. The first-order chi connectivity index (χ1) is 9.08. The Labute approximate surface area is 119 Å². The van der Waals surface area contributed by atoms with Gasteiger partial charge in [-0.25, -0.2) is 13.6 Å². The maximum Gasteiger partial charge on any atom is 0.238 e. The van der Waals surface area contributed by atoms with Gasteiger partial charge in [0.25, 0.3) is 0 Å². The quantitative estimate of drug-likeness (QED) is 0.791. The molecule has 1 aliphatic heterocycles. The summed E-state index contributed by atoms with van der Waals surface area (Å²) in [6.07, 6.45) is 0.0797. The third-order valence-corrected chi connectivity index (χ3v) is 4.15. The van der Waals surface area contributed by atoms with Crippen molar-refractivity contribution in [2.75, 3.05) is 23.7 Å². The highest BCUT2D eigenvalue weighted by atomic mass is 32.2. The van der Waals surface area contributed by atoms with Crippen LogP contribution in [0.3, 0.4) is 0 Å². The number of sulfonamides is 1. The summed E-state index contributed by atoms with van der Waals surface area (Å²) in [6.45, 7) is 7.44. The van der Waals surface area contributed by atoms with E-state index in [-0.39, 0.29) is 16.6 Å². The zero-order valence-electron chi connectivity index (χ0n) is 12.0. The number of ether oxygens (including phenoxy) is 1. The fourth-order valence-corrected chi connectivity index (χ4v) is 3.18. The molecule has 0 aliphatic carbocycles. The van der Waals surface area contributed by atoms with Crippen LogP contribution in [-0.2, 0) is 14.8 Å². The number of primary sulfonamides is 1. The van der Waals surface area contributed by atoms with Crippen molar-refractivity contribution < 1.29 is 13.2 Å². The van der Waals surface area contributed by atoms with Gasteiger partial charge in [0, 0.05) is 13.1 Å². The van der Waals surface area contributed by atoms with E-state index in [1.165, 1.54) is 12.1 Å². The summed E-state index contributed by atoms with van der Waals surface area (Å²) < 4.78 is 28.5. The fraction of sp³-hybridized carbons (Fsp3) is 0.538. The Morgan fingerprint density at radius 1 is 1.40 bits per heavy atom. The second kappa shape index (κ2) is 4.91. The molecule has 0 amide bonds. The summed E-state index contributed by atoms with van der Waals surface area (Å²) in [4.78, 5) is 2.13. The van der Waals surface area contributed by atoms with Gasteiger partial charge in [0.2, 0.25) is 10.0 Å². The minimum absolute atomic E-state index is 0.0271. The van der Waals surface area contributed by atoms with Gasteiger partial charge in [-0.15, -0.1) is 0 Å². The Morgan fingerprint density at radius 2 is 2.05 bits per heavy atom. The van der Waals surface area contributed by atoms with Crippen LogP contribution >= 0.6 is 0 Å². The average molecular weight is 299 g/mol. The van der Waals surface area contributed by atoms with Crippen LogP contribution in [0.2, 0.25) is 0 Å². The number of anilines is 2. The van der Waals surface area contributed by atoms with E-state index in [0.29, 0.717) is 18.8 Å².